The fourth-order valence-corrected chi connectivity index (χ4v) is 4.49. The topological polar surface area (TPSA) is 93.7 Å². The first-order valence-electron chi connectivity index (χ1n) is 10.5. The standard InChI is InChI=1S/C25H28N2O5S/c1-31-21-10-8-19(9-11-21)16-17-26-25(28)24(18-20-6-4-3-5-7-20)27-33(29,30)23-14-12-22(32-2)13-15-23/h3-15,24,27H,16-18H2,1-2H3,(H,26,28). The molecule has 1 atom stereocenters. The second kappa shape index (κ2) is 11.5. The van der Waals surface area contributed by atoms with Gasteiger partial charge in [-0.1, -0.05) is 42.5 Å². The molecule has 0 bridgehead atoms. The summed E-state index contributed by atoms with van der Waals surface area (Å²) in [5, 5.41) is 2.86. The van der Waals surface area contributed by atoms with E-state index in [0.717, 1.165) is 16.9 Å². The van der Waals surface area contributed by atoms with E-state index < -0.39 is 16.1 Å². The predicted molar refractivity (Wildman–Crippen MR) is 127 cm³/mol. The van der Waals surface area contributed by atoms with Crippen molar-refractivity contribution in [3.8, 4) is 11.5 Å². The molecule has 8 heteroatoms. The van der Waals surface area contributed by atoms with E-state index in [2.05, 4.69) is 10.0 Å². The smallest absolute Gasteiger partial charge is 0.241 e. The van der Waals surface area contributed by atoms with Crippen molar-refractivity contribution >= 4 is 15.9 Å². The van der Waals surface area contributed by atoms with Crippen molar-refractivity contribution in [3.63, 3.8) is 0 Å². The summed E-state index contributed by atoms with van der Waals surface area (Å²) >= 11 is 0. The summed E-state index contributed by atoms with van der Waals surface area (Å²) in [6.45, 7) is 0.376. The maximum absolute atomic E-state index is 13.0. The van der Waals surface area contributed by atoms with Crippen molar-refractivity contribution in [2.45, 2.75) is 23.8 Å². The molecule has 7 nitrogen and oxygen atoms in total. The number of sulfonamides is 1. The van der Waals surface area contributed by atoms with Gasteiger partial charge in [0.1, 0.15) is 17.5 Å². The fourth-order valence-electron chi connectivity index (χ4n) is 3.29. The molecule has 0 aromatic heterocycles. The van der Waals surface area contributed by atoms with E-state index in [1.165, 1.54) is 19.2 Å². The van der Waals surface area contributed by atoms with Crippen LogP contribution in [-0.4, -0.2) is 41.1 Å². The number of hydrogen-bond donors (Lipinski definition) is 2. The molecule has 0 aliphatic carbocycles. The second-order valence-electron chi connectivity index (χ2n) is 7.43. The Kier molecular flexibility index (Phi) is 8.46. The van der Waals surface area contributed by atoms with E-state index in [1.807, 2.05) is 54.6 Å². The molecule has 33 heavy (non-hydrogen) atoms. The van der Waals surface area contributed by atoms with Crippen LogP contribution in [-0.2, 0) is 27.7 Å². The number of amides is 1. The Hall–Kier alpha value is -3.36. The van der Waals surface area contributed by atoms with E-state index in [4.69, 9.17) is 9.47 Å². The lowest BCUT2D eigenvalue weighted by atomic mass is 10.1. The highest BCUT2D eigenvalue weighted by molar-refractivity contribution is 7.89. The van der Waals surface area contributed by atoms with Crippen molar-refractivity contribution in [3.05, 3.63) is 90.0 Å². The van der Waals surface area contributed by atoms with Gasteiger partial charge in [-0.25, -0.2) is 8.42 Å². The Bertz CT molecular complexity index is 1130. The minimum Gasteiger partial charge on any atom is -0.497 e. The van der Waals surface area contributed by atoms with Crippen LogP contribution in [0.15, 0.2) is 83.8 Å². The number of nitrogens with one attached hydrogen (secondary N) is 2. The summed E-state index contributed by atoms with van der Waals surface area (Å²) in [7, 11) is -0.801. The molecule has 1 unspecified atom stereocenters. The number of rotatable bonds is 11. The molecule has 0 saturated carbocycles. The lowest BCUT2D eigenvalue weighted by molar-refractivity contribution is -0.122. The summed E-state index contributed by atoms with van der Waals surface area (Å²) in [6.07, 6.45) is 0.837. The first-order valence-corrected chi connectivity index (χ1v) is 12.0. The van der Waals surface area contributed by atoms with Crippen molar-refractivity contribution in [2.75, 3.05) is 20.8 Å². The average molecular weight is 469 g/mol. The molecule has 3 rings (SSSR count). The van der Waals surface area contributed by atoms with Gasteiger partial charge in [-0.3, -0.25) is 4.79 Å². The Morgan fingerprint density at radius 3 is 1.97 bits per heavy atom. The number of benzene rings is 3. The molecule has 3 aromatic rings. The molecule has 0 saturated heterocycles. The van der Waals surface area contributed by atoms with Crippen LogP contribution < -0.4 is 19.5 Å². The Morgan fingerprint density at radius 2 is 1.39 bits per heavy atom. The molecule has 0 aliphatic rings. The zero-order valence-electron chi connectivity index (χ0n) is 18.7. The maximum Gasteiger partial charge on any atom is 0.241 e. The molecule has 0 fully saturated rings. The van der Waals surface area contributed by atoms with Crippen molar-refractivity contribution in [1.29, 1.82) is 0 Å². The number of carbonyl (C=O) groups excluding carboxylic acids is 1. The predicted octanol–water partition coefficient (Wildman–Crippen LogP) is 2.95. The van der Waals surface area contributed by atoms with Crippen LogP contribution >= 0.6 is 0 Å². The van der Waals surface area contributed by atoms with Gasteiger partial charge in [0.15, 0.2) is 0 Å². The zero-order chi connectivity index (χ0) is 23.7. The highest BCUT2D eigenvalue weighted by atomic mass is 32.2. The van der Waals surface area contributed by atoms with E-state index in [-0.39, 0.29) is 17.2 Å². The van der Waals surface area contributed by atoms with Crippen LogP contribution in [0.3, 0.4) is 0 Å². The molecular weight excluding hydrogens is 440 g/mol. The van der Waals surface area contributed by atoms with Crippen LogP contribution in [0, 0.1) is 0 Å². The van der Waals surface area contributed by atoms with Gasteiger partial charge in [0.25, 0.3) is 0 Å². The van der Waals surface area contributed by atoms with Crippen LogP contribution in [0.4, 0.5) is 0 Å². The summed E-state index contributed by atoms with van der Waals surface area (Å²) in [6, 6.07) is 21.9. The molecule has 2 N–H and O–H groups in total. The first-order chi connectivity index (χ1) is 15.9. The van der Waals surface area contributed by atoms with Crippen molar-refractivity contribution in [2.24, 2.45) is 0 Å². The molecular formula is C25H28N2O5S. The van der Waals surface area contributed by atoms with Gasteiger partial charge in [-0.15, -0.1) is 0 Å². The van der Waals surface area contributed by atoms with Crippen LogP contribution in [0.2, 0.25) is 0 Å². The molecule has 174 valence electrons. The summed E-state index contributed by atoms with van der Waals surface area (Å²) < 4.78 is 38.7. The number of methoxy groups -OCH3 is 2. The van der Waals surface area contributed by atoms with E-state index in [1.54, 1.807) is 19.2 Å². The van der Waals surface area contributed by atoms with E-state index in [9.17, 15) is 13.2 Å². The molecule has 0 heterocycles. The molecule has 1 amide bonds. The number of hydrogen-bond acceptors (Lipinski definition) is 5. The Balaban J connectivity index is 1.70. The van der Waals surface area contributed by atoms with Crippen molar-refractivity contribution in [1.82, 2.24) is 10.0 Å². The SMILES string of the molecule is COc1ccc(CCNC(=O)C(Cc2ccccc2)NS(=O)(=O)c2ccc(OC)cc2)cc1. The Labute approximate surface area is 194 Å². The van der Waals surface area contributed by atoms with Gasteiger partial charge < -0.3 is 14.8 Å². The molecule has 3 aromatic carbocycles. The van der Waals surface area contributed by atoms with E-state index >= 15 is 0 Å². The third-order valence-corrected chi connectivity index (χ3v) is 6.63. The van der Waals surface area contributed by atoms with Gasteiger partial charge >= 0.3 is 0 Å². The maximum atomic E-state index is 13.0. The van der Waals surface area contributed by atoms with Gasteiger partial charge in [0, 0.05) is 6.54 Å². The second-order valence-corrected chi connectivity index (χ2v) is 9.14. The lowest BCUT2D eigenvalue weighted by Gasteiger charge is -2.19. The highest BCUT2D eigenvalue weighted by Gasteiger charge is 2.26. The quantitative estimate of drug-likeness (QED) is 0.451. The monoisotopic (exact) mass is 468 g/mol. The number of carbonyl (C=O) groups is 1. The minimum atomic E-state index is -3.91. The largest absolute Gasteiger partial charge is 0.497 e. The van der Waals surface area contributed by atoms with Gasteiger partial charge in [-0.05, 0) is 60.4 Å². The molecule has 0 spiro atoms. The van der Waals surface area contributed by atoms with Crippen LogP contribution in [0.25, 0.3) is 0 Å². The minimum absolute atomic E-state index is 0.0624. The normalized spacial score (nSPS) is 12.1. The first kappa shape index (κ1) is 24.3. The Morgan fingerprint density at radius 1 is 0.818 bits per heavy atom. The van der Waals surface area contributed by atoms with Crippen molar-refractivity contribution < 1.29 is 22.7 Å². The van der Waals surface area contributed by atoms with Gasteiger partial charge in [0.05, 0.1) is 19.1 Å². The molecule has 0 aliphatic heterocycles. The third kappa shape index (κ3) is 7.06. The lowest BCUT2D eigenvalue weighted by Crippen LogP contribution is -2.48. The van der Waals surface area contributed by atoms with Crippen LogP contribution in [0.1, 0.15) is 11.1 Å². The highest BCUT2D eigenvalue weighted by Crippen LogP contribution is 2.16. The fraction of sp³-hybridized carbons (Fsp3) is 0.240. The zero-order valence-corrected chi connectivity index (χ0v) is 19.5. The van der Waals surface area contributed by atoms with Gasteiger partial charge in [-0.2, -0.15) is 4.72 Å². The number of ether oxygens (including phenoxy) is 2. The van der Waals surface area contributed by atoms with E-state index in [0.29, 0.717) is 18.7 Å². The summed E-state index contributed by atoms with van der Waals surface area (Å²) in [4.78, 5) is 13.0. The third-order valence-electron chi connectivity index (χ3n) is 5.14. The molecule has 0 radical (unpaired) electrons. The average Bonchev–Trinajstić information content (AvgIpc) is 2.84. The van der Waals surface area contributed by atoms with Crippen LogP contribution in [0.5, 0.6) is 11.5 Å². The summed E-state index contributed by atoms with van der Waals surface area (Å²) in [5.74, 6) is 0.925. The van der Waals surface area contributed by atoms with Gasteiger partial charge in [0.2, 0.25) is 15.9 Å². The summed E-state index contributed by atoms with van der Waals surface area (Å²) in [5.41, 5.74) is 1.89.